The Labute approximate surface area is 158 Å². The SMILES string of the molecule is COc1ccc(C(=O)NC(c2ccc(F)cc2)c2cccs2)cc1[N+](=O)[O-]. The lowest BCUT2D eigenvalue weighted by Crippen LogP contribution is -2.28. The first kappa shape index (κ1) is 18.5. The van der Waals surface area contributed by atoms with E-state index in [2.05, 4.69) is 5.32 Å². The Bertz CT molecular complexity index is 958. The molecule has 1 amide bonds. The van der Waals surface area contributed by atoms with Crippen LogP contribution in [0.2, 0.25) is 0 Å². The molecule has 3 aromatic rings. The average Bonchev–Trinajstić information content (AvgIpc) is 3.20. The summed E-state index contributed by atoms with van der Waals surface area (Å²) in [5.41, 5.74) is 0.543. The first-order valence-electron chi connectivity index (χ1n) is 7.91. The molecule has 0 aliphatic rings. The molecule has 8 heteroatoms. The van der Waals surface area contributed by atoms with E-state index in [1.54, 1.807) is 12.1 Å². The number of ether oxygens (including phenoxy) is 1. The van der Waals surface area contributed by atoms with E-state index >= 15 is 0 Å². The number of rotatable bonds is 6. The van der Waals surface area contributed by atoms with Crippen LogP contribution in [0, 0.1) is 15.9 Å². The zero-order valence-electron chi connectivity index (χ0n) is 14.2. The van der Waals surface area contributed by atoms with E-state index in [1.165, 1.54) is 48.8 Å². The summed E-state index contributed by atoms with van der Waals surface area (Å²) in [4.78, 5) is 24.2. The Hall–Kier alpha value is -3.26. The third-order valence-corrected chi connectivity index (χ3v) is 4.88. The summed E-state index contributed by atoms with van der Waals surface area (Å²) in [7, 11) is 1.32. The zero-order valence-corrected chi connectivity index (χ0v) is 15.0. The smallest absolute Gasteiger partial charge is 0.311 e. The molecule has 1 atom stereocenters. The van der Waals surface area contributed by atoms with Crippen molar-refractivity contribution in [2.24, 2.45) is 0 Å². The highest BCUT2D eigenvalue weighted by Gasteiger charge is 2.22. The van der Waals surface area contributed by atoms with Gasteiger partial charge in [0.2, 0.25) is 0 Å². The van der Waals surface area contributed by atoms with Crippen molar-refractivity contribution >= 4 is 22.9 Å². The second kappa shape index (κ2) is 7.96. The highest BCUT2D eigenvalue weighted by atomic mass is 32.1. The number of thiophene rings is 1. The van der Waals surface area contributed by atoms with Gasteiger partial charge in [-0.15, -0.1) is 11.3 Å². The fourth-order valence-corrected chi connectivity index (χ4v) is 3.42. The predicted octanol–water partition coefficient (Wildman–Crippen LogP) is 4.32. The molecule has 0 saturated carbocycles. The molecule has 0 aliphatic heterocycles. The molecule has 3 rings (SSSR count). The maximum atomic E-state index is 13.3. The molecule has 138 valence electrons. The van der Waals surface area contributed by atoms with E-state index in [-0.39, 0.29) is 22.8 Å². The molecular formula is C19H15FN2O4S. The highest BCUT2D eigenvalue weighted by molar-refractivity contribution is 7.10. The van der Waals surface area contributed by atoms with Gasteiger partial charge in [0.25, 0.3) is 5.91 Å². The number of carbonyl (C=O) groups is 1. The third-order valence-electron chi connectivity index (χ3n) is 3.94. The van der Waals surface area contributed by atoms with Gasteiger partial charge in [-0.2, -0.15) is 0 Å². The average molecular weight is 386 g/mol. The number of halogens is 1. The number of nitrogens with zero attached hydrogens (tertiary/aromatic N) is 1. The number of hydrogen-bond acceptors (Lipinski definition) is 5. The molecular weight excluding hydrogens is 371 g/mol. The fraction of sp³-hybridized carbons (Fsp3) is 0.105. The largest absolute Gasteiger partial charge is 0.490 e. The Morgan fingerprint density at radius 1 is 1.22 bits per heavy atom. The molecule has 0 radical (unpaired) electrons. The van der Waals surface area contributed by atoms with Gasteiger partial charge in [0.1, 0.15) is 5.82 Å². The second-order valence-corrected chi connectivity index (χ2v) is 6.60. The lowest BCUT2D eigenvalue weighted by atomic mass is 10.0. The van der Waals surface area contributed by atoms with Crippen molar-refractivity contribution in [2.75, 3.05) is 7.11 Å². The fourth-order valence-electron chi connectivity index (χ4n) is 2.62. The van der Waals surface area contributed by atoms with Gasteiger partial charge in [0.05, 0.1) is 18.1 Å². The van der Waals surface area contributed by atoms with Crippen molar-refractivity contribution in [3.63, 3.8) is 0 Å². The minimum absolute atomic E-state index is 0.0740. The molecule has 1 aromatic heterocycles. The molecule has 2 aromatic carbocycles. The van der Waals surface area contributed by atoms with Crippen LogP contribution in [-0.2, 0) is 0 Å². The second-order valence-electron chi connectivity index (χ2n) is 5.62. The van der Waals surface area contributed by atoms with Crippen molar-refractivity contribution in [3.05, 3.63) is 91.9 Å². The summed E-state index contributed by atoms with van der Waals surface area (Å²) in [5, 5.41) is 15.9. The maximum Gasteiger partial charge on any atom is 0.311 e. The summed E-state index contributed by atoms with van der Waals surface area (Å²) in [6, 6.07) is 13.0. The van der Waals surface area contributed by atoms with E-state index in [1.807, 2.05) is 17.5 Å². The van der Waals surface area contributed by atoms with Crippen LogP contribution in [-0.4, -0.2) is 17.9 Å². The summed E-state index contributed by atoms with van der Waals surface area (Å²) in [6.45, 7) is 0. The molecule has 0 bridgehead atoms. The van der Waals surface area contributed by atoms with Crippen molar-refractivity contribution in [1.29, 1.82) is 0 Å². The number of methoxy groups -OCH3 is 1. The molecule has 1 N–H and O–H groups in total. The van der Waals surface area contributed by atoms with E-state index < -0.39 is 16.9 Å². The van der Waals surface area contributed by atoms with Crippen molar-refractivity contribution in [2.45, 2.75) is 6.04 Å². The predicted molar refractivity (Wildman–Crippen MR) is 99.7 cm³/mol. The number of nitro benzene ring substituents is 1. The van der Waals surface area contributed by atoms with E-state index in [9.17, 15) is 19.3 Å². The summed E-state index contributed by atoms with van der Waals surface area (Å²) >= 11 is 1.44. The topological polar surface area (TPSA) is 81.5 Å². The summed E-state index contributed by atoms with van der Waals surface area (Å²) in [5.74, 6) is -0.783. The number of nitro groups is 1. The monoisotopic (exact) mass is 386 g/mol. The highest BCUT2D eigenvalue weighted by Crippen LogP contribution is 2.29. The summed E-state index contributed by atoms with van der Waals surface area (Å²) in [6.07, 6.45) is 0. The van der Waals surface area contributed by atoms with Crippen LogP contribution in [0.3, 0.4) is 0 Å². The third kappa shape index (κ3) is 4.12. The zero-order chi connectivity index (χ0) is 19.4. The summed E-state index contributed by atoms with van der Waals surface area (Å²) < 4.78 is 18.2. The molecule has 1 unspecified atom stereocenters. The number of nitrogens with one attached hydrogen (secondary N) is 1. The minimum Gasteiger partial charge on any atom is -0.490 e. The molecule has 0 saturated heterocycles. The first-order valence-corrected chi connectivity index (χ1v) is 8.79. The van der Waals surface area contributed by atoms with Gasteiger partial charge in [0.15, 0.2) is 5.75 Å². The molecule has 0 aliphatic carbocycles. The van der Waals surface area contributed by atoms with Crippen molar-refractivity contribution < 1.29 is 18.8 Å². The van der Waals surface area contributed by atoms with Crippen LogP contribution < -0.4 is 10.1 Å². The van der Waals surface area contributed by atoms with Crippen LogP contribution in [0.4, 0.5) is 10.1 Å². The van der Waals surface area contributed by atoms with E-state index in [0.29, 0.717) is 5.56 Å². The van der Waals surface area contributed by atoms with Gasteiger partial charge in [-0.3, -0.25) is 14.9 Å². The van der Waals surface area contributed by atoms with Crippen LogP contribution >= 0.6 is 11.3 Å². The molecule has 0 fully saturated rings. The standard InChI is InChI=1S/C19H15FN2O4S/c1-26-16-9-6-13(11-15(16)22(24)25)19(23)21-18(17-3-2-10-27-17)12-4-7-14(20)8-5-12/h2-11,18H,1H3,(H,21,23). The molecule has 1 heterocycles. The number of hydrogen-bond donors (Lipinski definition) is 1. The maximum absolute atomic E-state index is 13.3. The van der Waals surface area contributed by atoms with Crippen LogP contribution in [0.5, 0.6) is 5.75 Å². The van der Waals surface area contributed by atoms with Crippen molar-refractivity contribution in [3.8, 4) is 5.75 Å². The Morgan fingerprint density at radius 2 is 1.96 bits per heavy atom. The molecule has 6 nitrogen and oxygen atoms in total. The van der Waals surface area contributed by atoms with Gasteiger partial charge < -0.3 is 10.1 Å². The minimum atomic E-state index is -0.605. The lowest BCUT2D eigenvalue weighted by Gasteiger charge is -2.18. The van der Waals surface area contributed by atoms with Gasteiger partial charge in [-0.25, -0.2) is 4.39 Å². The quantitative estimate of drug-likeness (QED) is 0.505. The normalized spacial score (nSPS) is 11.6. The van der Waals surface area contributed by atoms with Gasteiger partial charge in [-0.1, -0.05) is 18.2 Å². The number of benzene rings is 2. The van der Waals surface area contributed by atoms with E-state index in [4.69, 9.17) is 4.74 Å². The Kier molecular flexibility index (Phi) is 5.46. The Balaban J connectivity index is 1.92. The first-order chi connectivity index (χ1) is 13.0. The molecule has 27 heavy (non-hydrogen) atoms. The Morgan fingerprint density at radius 3 is 2.56 bits per heavy atom. The van der Waals surface area contributed by atoms with Crippen molar-refractivity contribution in [1.82, 2.24) is 5.32 Å². The van der Waals surface area contributed by atoms with Gasteiger partial charge in [-0.05, 0) is 41.3 Å². The van der Waals surface area contributed by atoms with E-state index in [0.717, 1.165) is 4.88 Å². The number of carbonyl (C=O) groups excluding carboxylic acids is 1. The van der Waals surface area contributed by atoms with Gasteiger partial charge in [0, 0.05) is 16.5 Å². The number of amides is 1. The van der Waals surface area contributed by atoms with Crippen LogP contribution in [0.15, 0.2) is 60.0 Å². The van der Waals surface area contributed by atoms with Gasteiger partial charge >= 0.3 is 5.69 Å². The molecule has 0 spiro atoms. The lowest BCUT2D eigenvalue weighted by molar-refractivity contribution is -0.385. The van der Waals surface area contributed by atoms with Crippen LogP contribution in [0.25, 0.3) is 0 Å². The van der Waals surface area contributed by atoms with Crippen LogP contribution in [0.1, 0.15) is 26.8 Å².